The molecular formula is C66H68BrClO21. The zero-order valence-corrected chi connectivity index (χ0v) is 51.2. The second-order valence-corrected chi connectivity index (χ2v) is 18.6. The smallest absolute Gasteiger partial charge is 0.339 e. The lowest BCUT2D eigenvalue weighted by Gasteiger charge is -2.10. The summed E-state index contributed by atoms with van der Waals surface area (Å²) in [6.07, 6.45) is 7.72. The van der Waals surface area contributed by atoms with E-state index in [2.05, 4.69) is 55.4 Å². The lowest BCUT2D eigenvalue weighted by atomic mass is 10.1. The molecule has 7 N–H and O–H groups in total. The number of ketones is 1. The van der Waals surface area contributed by atoms with E-state index in [0.29, 0.717) is 69.2 Å². The van der Waals surface area contributed by atoms with Crippen LogP contribution in [0.2, 0.25) is 5.02 Å². The molecular weight excluding hydrogens is 1240 g/mol. The first kappa shape index (κ1) is 76.6. The van der Waals surface area contributed by atoms with Gasteiger partial charge in [-0.05, 0) is 117 Å². The normalized spacial score (nSPS) is 9.55. The van der Waals surface area contributed by atoms with Gasteiger partial charge in [0.05, 0.1) is 6.61 Å². The van der Waals surface area contributed by atoms with Gasteiger partial charge >= 0.3 is 35.8 Å². The van der Waals surface area contributed by atoms with E-state index in [4.69, 9.17) is 80.5 Å². The van der Waals surface area contributed by atoms with Crippen LogP contribution in [0.3, 0.4) is 0 Å². The predicted octanol–water partition coefficient (Wildman–Crippen LogP) is 13.4. The number of benzene rings is 6. The molecule has 0 aliphatic heterocycles. The Morgan fingerprint density at radius 1 is 0.461 bits per heavy atom. The fourth-order valence-electron chi connectivity index (χ4n) is 6.43. The number of rotatable bonds is 28. The van der Waals surface area contributed by atoms with Crippen molar-refractivity contribution in [1.82, 2.24) is 0 Å². The van der Waals surface area contributed by atoms with E-state index in [1.54, 1.807) is 79.7 Å². The van der Waals surface area contributed by atoms with Crippen LogP contribution in [-0.2, 0) is 0 Å². The average molecular weight is 1310 g/mol. The molecule has 0 saturated heterocycles. The van der Waals surface area contributed by atoms with Gasteiger partial charge in [0.15, 0.2) is 5.78 Å². The molecule has 0 aromatic heterocycles. The summed E-state index contributed by atoms with van der Waals surface area (Å²) >= 11 is 8.85. The van der Waals surface area contributed by atoms with Crippen LogP contribution in [0, 0.1) is 6.92 Å². The number of Topliss-reactive ketones (excluding diaryl/α,β-unsaturated/α-hetero) is 1. The van der Waals surface area contributed by atoms with Crippen molar-refractivity contribution in [3.63, 3.8) is 0 Å². The fourth-order valence-corrected chi connectivity index (χ4v) is 6.97. The molecule has 0 aliphatic carbocycles. The second kappa shape index (κ2) is 42.4. The number of aryl methyl sites for hydroxylation is 1. The van der Waals surface area contributed by atoms with Gasteiger partial charge in [-0.2, -0.15) is 0 Å². The van der Waals surface area contributed by atoms with Gasteiger partial charge in [0.25, 0.3) is 0 Å². The molecule has 0 radical (unpaired) electrons. The number of para-hydroxylation sites is 1. The van der Waals surface area contributed by atoms with Gasteiger partial charge in [-0.1, -0.05) is 122 Å². The van der Waals surface area contributed by atoms with Crippen molar-refractivity contribution in [2.45, 2.75) is 20.8 Å². The predicted molar refractivity (Wildman–Crippen MR) is 339 cm³/mol. The number of ether oxygens (including phenoxy) is 7. The van der Waals surface area contributed by atoms with Crippen molar-refractivity contribution >= 4 is 69.1 Å². The van der Waals surface area contributed by atoms with Crippen molar-refractivity contribution < 1.29 is 102 Å². The molecule has 23 heteroatoms. The molecule has 0 unspecified atom stereocenters. The average Bonchev–Trinajstić information content (AvgIpc) is 3.60. The number of aromatic carboxylic acids is 6. The Morgan fingerprint density at radius 2 is 0.888 bits per heavy atom. The molecule has 0 atom stereocenters. The largest absolute Gasteiger partial charge is 0.491 e. The van der Waals surface area contributed by atoms with Crippen LogP contribution in [0.25, 0.3) is 0 Å². The molecule has 0 saturated carbocycles. The minimum Gasteiger partial charge on any atom is -0.491 e. The molecule has 0 amide bonds. The molecule has 0 heterocycles. The number of carboxylic acid groups (broad SMARTS) is 6. The highest BCUT2D eigenvalue weighted by molar-refractivity contribution is 9.10. The highest BCUT2D eigenvalue weighted by Gasteiger charge is 2.17. The summed E-state index contributed by atoms with van der Waals surface area (Å²) in [5.74, 6) is -4.10. The molecule has 6 aromatic carbocycles. The van der Waals surface area contributed by atoms with Crippen molar-refractivity contribution in [3.8, 4) is 40.2 Å². The number of hydrogen-bond acceptors (Lipinski definition) is 15. The maximum Gasteiger partial charge on any atom is 0.339 e. The Morgan fingerprint density at radius 3 is 1.36 bits per heavy atom. The second-order valence-electron chi connectivity index (χ2n) is 17.3. The molecule has 6 aromatic rings. The Balaban J connectivity index is 0.000000535. The topological polar surface area (TPSA) is 326 Å². The van der Waals surface area contributed by atoms with Gasteiger partial charge in [-0.25, -0.2) is 28.8 Å². The SMILES string of the molecule is C=C(C)COc1ccccc1C(=O)O.C=CCOc1cc(OCCO)ccc1C(=O)O.C=CCOc1ccc(Br)cc1C(=O)O.C=CCOc1ccc(C(C)=O)cc1C(=O)O.C=CCOc1ccc(Cl)cc1C(=O)O.C=CCOc1cccc(C)c1C(=O)O. The quantitative estimate of drug-likeness (QED) is 0.0177. The highest BCUT2D eigenvalue weighted by Crippen LogP contribution is 2.28. The third kappa shape index (κ3) is 29.0. The van der Waals surface area contributed by atoms with Crippen molar-refractivity contribution in [2.24, 2.45) is 0 Å². The van der Waals surface area contributed by atoms with E-state index >= 15 is 0 Å². The molecule has 472 valence electrons. The summed E-state index contributed by atoms with van der Waals surface area (Å²) < 4.78 is 37.1. The number of aliphatic hydroxyl groups is 1. The van der Waals surface area contributed by atoms with Gasteiger partial charge in [-0.3, -0.25) is 4.79 Å². The number of aliphatic hydroxyl groups excluding tert-OH is 1. The highest BCUT2D eigenvalue weighted by atomic mass is 79.9. The van der Waals surface area contributed by atoms with E-state index in [0.717, 1.165) is 5.57 Å². The Bertz CT molecular complexity index is 3350. The van der Waals surface area contributed by atoms with Gasteiger partial charge in [0.1, 0.15) is 120 Å². The fraction of sp³-hybridized carbons (Fsp3) is 0.167. The van der Waals surface area contributed by atoms with Gasteiger partial charge in [-0.15, -0.1) is 0 Å². The lowest BCUT2D eigenvalue weighted by Crippen LogP contribution is -2.05. The van der Waals surface area contributed by atoms with Crippen molar-refractivity contribution in [3.05, 3.63) is 245 Å². The molecule has 0 bridgehead atoms. The van der Waals surface area contributed by atoms with Gasteiger partial charge in [0.2, 0.25) is 0 Å². The molecule has 0 spiro atoms. The number of carbonyl (C=O) groups is 7. The van der Waals surface area contributed by atoms with E-state index in [1.165, 1.54) is 79.7 Å². The van der Waals surface area contributed by atoms with Crippen LogP contribution in [-0.4, -0.2) is 130 Å². The zero-order valence-electron chi connectivity index (χ0n) is 48.9. The lowest BCUT2D eigenvalue weighted by molar-refractivity contribution is 0.0680. The maximum absolute atomic E-state index is 11.1. The van der Waals surface area contributed by atoms with E-state index in [1.807, 2.05) is 6.92 Å². The Hall–Kier alpha value is -10.4. The monoisotopic (exact) mass is 1310 g/mol. The molecule has 0 fully saturated rings. The Labute approximate surface area is 527 Å². The molecule has 21 nitrogen and oxygen atoms in total. The standard InChI is InChI=1S/C12H14O5.C12H12O4.2C11H12O3.C10H9BrO3.C10H9ClO3/c1-2-6-17-11-8-9(16-7-5-13)3-4-10(11)12(14)15;1-3-6-16-11-5-4-9(8(2)13)7-10(11)12(14)15;1-8(2)7-14-10-6-4-3-5-9(10)11(12)13;1-3-7-14-9-6-4-5-8(2)10(9)11(12)13;2*1-2-5-14-9-4-3-7(11)6-8(9)10(12)13/h2-4,8,13H,1,5-7H2,(H,14,15);3-5,7H,1,6H2,2H3,(H,14,15);2*3-6H,1,7H2,2H3,(H,12,13);2*2-4,6H,1,5H2,(H,12,13). The van der Waals surface area contributed by atoms with E-state index in [-0.39, 0.29) is 83.7 Å². The maximum atomic E-state index is 11.1. The van der Waals surface area contributed by atoms with Crippen LogP contribution in [0.4, 0.5) is 0 Å². The van der Waals surface area contributed by atoms with Crippen LogP contribution >= 0.6 is 27.5 Å². The van der Waals surface area contributed by atoms with Crippen LogP contribution < -0.4 is 33.2 Å². The zero-order chi connectivity index (χ0) is 67.0. The van der Waals surface area contributed by atoms with Crippen molar-refractivity contribution in [1.29, 1.82) is 0 Å². The minimum absolute atomic E-state index is 0.0189. The van der Waals surface area contributed by atoms with Crippen molar-refractivity contribution in [2.75, 3.05) is 52.9 Å². The molecule has 6 rings (SSSR count). The first-order valence-electron chi connectivity index (χ1n) is 26.0. The summed E-state index contributed by atoms with van der Waals surface area (Å²) in [5, 5.41) is 62.3. The Kier molecular flexibility index (Phi) is 36.5. The number of carboxylic acids is 6. The van der Waals surface area contributed by atoms with E-state index < -0.39 is 35.8 Å². The first-order valence-corrected chi connectivity index (χ1v) is 27.1. The number of halogens is 2. The first-order chi connectivity index (χ1) is 42.3. The van der Waals surface area contributed by atoms with Crippen LogP contribution in [0.1, 0.15) is 91.9 Å². The van der Waals surface area contributed by atoms with Crippen LogP contribution in [0.15, 0.2) is 195 Å². The molecule has 0 aliphatic rings. The number of hydrogen-bond donors (Lipinski definition) is 7. The third-order valence-corrected chi connectivity index (χ3v) is 11.1. The minimum atomic E-state index is -1.12. The van der Waals surface area contributed by atoms with Crippen LogP contribution in [0.5, 0.6) is 40.2 Å². The summed E-state index contributed by atoms with van der Waals surface area (Å²) in [4.78, 5) is 76.2. The summed E-state index contributed by atoms with van der Waals surface area (Å²) in [6, 6.07) is 29.7. The third-order valence-electron chi connectivity index (χ3n) is 10.3. The summed E-state index contributed by atoms with van der Waals surface area (Å²) in [5.41, 5.74) is 2.52. The van der Waals surface area contributed by atoms with Gasteiger partial charge < -0.3 is 68.9 Å². The molecule has 89 heavy (non-hydrogen) atoms. The van der Waals surface area contributed by atoms with E-state index in [9.17, 15) is 33.6 Å². The summed E-state index contributed by atoms with van der Waals surface area (Å²) in [6.45, 7) is 27.7. The van der Waals surface area contributed by atoms with Gasteiger partial charge in [0, 0.05) is 21.1 Å². The summed E-state index contributed by atoms with van der Waals surface area (Å²) in [7, 11) is 0. The number of carbonyl (C=O) groups excluding carboxylic acids is 1.